The van der Waals surface area contributed by atoms with Crippen molar-refractivity contribution in [2.24, 2.45) is 10.9 Å². The van der Waals surface area contributed by atoms with Crippen LogP contribution in [0.5, 0.6) is 0 Å². The van der Waals surface area contributed by atoms with Gasteiger partial charge >= 0.3 is 0 Å². The predicted molar refractivity (Wildman–Crippen MR) is 72.4 cm³/mol. The summed E-state index contributed by atoms with van der Waals surface area (Å²) < 4.78 is 5.04. The molecule has 4 nitrogen and oxygen atoms in total. The third-order valence-electron chi connectivity index (χ3n) is 3.19. The van der Waals surface area contributed by atoms with Crippen molar-refractivity contribution in [3.05, 3.63) is 0 Å². The van der Waals surface area contributed by atoms with Crippen molar-refractivity contribution in [3.8, 4) is 0 Å². The van der Waals surface area contributed by atoms with Crippen LogP contribution in [0.1, 0.15) is 33.1 Å². The standard InChI is InChI=1S/C13H27N3O/c1-4-14-13(15-8-5-11-17-3)16-9-6-12(2)7-10-16/h12H,4-11H2,1-3H3,(H,14,15). The van der Waals surface area contributed by atoms with Gasteiger partial charge in [-0.15, -0.1) is 0 Å². The average Bonchev–Trinajstić information content (AvgIpc) is 2.34. The van der Waals surface area contributed by atoms with Crippen LogP contribution in [0, 0.1) is 5.92 Å². The second-order valence-corrected chi connectivity index (χ2v) is 4.75. The van der Waals surface area contributed by atoms with Gasteiger partial charge in [0.1, 0.15) is 0 Å². The number of guanidine groups is 1. The van der Waals surface area contributed by atoms with Crippen LogP contribution in [0.3, 0.4) is 0 Å². The molecule has 0 aliphatic carbocycles. The van der Waals surface area contributed by atoms with Crippen molar-refractivity contribution in [3.63, 3.8) is 0 Å². The van der Waals surface area contributed by atoms with Gasteiger partial charge in [-0.2, -0.15) is 0 Å². The van der Waals surface area contributed by atoms with Gasteiger partial charge in [0, 0.05) is 39.9 Å². The minimum Gasteiger partial charge on any atom is -0.385 e. The molecule has 1 rings (SSSR count). The fraction of sp³-hybridized carbons (Fsp3) is 0.923. The second kappa shape index (κ2) is 8.34. The maximum absolute atomic E-state index is 5.04. The van der Waals surface area contributed by atoms with Crippen molar-refractivity contribution in [1.82, 2.24) is 10.2 Å². The number of hydrogen-bond donors (Lipinski definition) is 1. The van der Waals surface area contributed by atoms with Gasteiger partial charge in [0.25, 0.3) is 0 Å². The van der Waals surface area contributed by atoms with Crippen molar-refractivity contribution < 1.29 is 4.74 Å². The summed E-state index contributed by atoms with van der Waals surface area (Å²) in [5.74, 6) is 1.94. The molecule has 0 radical (unpaired) electrons. The molecule has 0 aromatic rings. The molecule has 4 heteroatoms. The minimum absolute atomic E-state index is 0.792. The van der Waals surface area contributed by atoms with Crippen LogP contribution in [-0.2, 0) is 4.74 Å². The first-order valence-electron chi connectivity index (χ1n) is 6.80. The zero-order valence-electron chi connectivity index (χ0n) is 11.5. The highest BCUT2D eigenvalue weighted by Crippen LogP contribution is 2.15. The first-order valence-corrected chi connectivity index (χ1v) is 6.80. The normalized spacial score (nSPS) is 18.5. The summed E-state index contributed by atoms with van der Waals surface area (Å²) in [5, 5.41) is 3.38. The highest BCUT2D eigenvalue weighted by Gasteiger charge is 2.18. The zero-order valence-corrected chi connectivity index (χ0v) is 11.5. The Morgan fingerprint density at radius 3 is 2.71 bits per heavy atom. The van der Waals surface area contributed by atoms with Gasteiger partial charge in [-0.25, -0.2) is 0 Å². The first-order chi connectivity index (χ1) is 8.27. The lowest BCUT2D eigenvalue weighted by Gasteiger charge is -2.33. The van der Waals surface area contributed by atoms with E-state index < -0.39 is 0 Å². The third-order valence-corrected chi connectivity index (χ3v) is 3.19. The molecule has 1 aliphatic heterocycles. The zero-order chi connectivity index (χ0) is 12.5. The quantitative estimate of drug-likeness (QED) is 0.452. The van der Waals surface area contributed by atoms with Crippen molar-refractivity contribution in [2.45, 2.75) is 33.1 Å². The number of nitrogens with zero attached hydrogens (tertiary/aromatic N) is 2. The summed E-state index contributed by atoms with van der Waals surface area (Å²) in [6.45, 7) is 9.31. The summed E-state index contributed by atoms with van der Waals surface area (Å²) in [7, 11) is 1.74. The maximum Gasteiger partial charge on any atom is 0.193 e. The van der Waals surface area contributed by atoms with Gasteiger partial charge in [-0.3, -0.25) is 4.99 Å². The van der Waals surface area contributed by atoms with Gasteiger partial charge in [0.2, 0.25) is 0 Å². The molecule has 0 aromatic heterocycles. The Labute approximate surface area is 105 Å². The van der Waals surface area contributed by atoms with Gasteiger partial charge in [0.15, 0.2) is 5.96 Å². The smallest absolute Gasteiger partial charge is 0.193 e. The second-order valence-electron chi connectivity index (χ2n) is 4.75. The number of piperidine rings is 1. The number of ether oxygens (including phenoxy) is 1. The van der Waals surface area contributed by atoms with Crippen LogP contribution in [0.2, 0.25) is 0 Å². The predicted octanol–water partition coefficient (Wildman–Crippen LogP) is 1.72. The van der Waals surface area contributed by atoms with Crippen LogP contribution >= 0.6 is 0 Å². The molecule has 0 atom stereocenters. The van der Waals surface area contributed by atoms with Crippen molar-refractivity contribution in [2.75, 3.05) is 39.9 Å². The van der Waals surface area contributed by atoms with E-state index in [0.717, 1.165) is 51.1 Å². The van der Waals surface area contributed by atoms with Crippen molar-refractivity contribution >= 4 is 5.96 Å². The summed E-state index contributed by atoms with van der Waals surface area (Å²) in [6, 6.07) is 0. The molecule has 0 aromatic carbocycles. The Hall–Kier alpha value is -0.770. The fourth-order valence-electron chi connectivity index (χ4n) is 2.04. The summed E-state index contributed by atoms with van der Waals surface area (Å²) >= 11 is 0. The molecule has 1 heterocycles. The van der Waals surface area contributed by atoms with Crippen LogP contribution in [0.25, 0.3) is 0 Å². The van der Waals surface area contributed by atoms with Gasteiger partial charge in [-0.1, -0.05) is 6.92 Å². The van der Waals surface area contributed by atoms with Gasteiger partial charge in [0.05, 0.1) is 0 Å². The van der Waals surface area contributed by atoms with Crippen LogP contribution in [-0.4, -0.2) is 50.8 Å². The molecule has 0 bridgehead atoms. The first kappa shape index (κ1) is 14.3. The Balaban J connectivity index is 2.40. The van der Waals surface area contributed by atoms with E-state index in [1.807, 2.05) is 0 Å². The number of likely N-dealkylation sites (tertiary alicyclic amines) is 1. The summed E-state index contributed by atoms with van der Waals surface area (Å²) in [4.78, 5) is 7.04. The fourth-order valence-corrected chi connectivity index (χ4v) is 2.04. The molecule has 0 saturated carbocycles. The number of nitrogens with one attached hydrogen (secondary N) is 1. The van der Waals surface area contributed by atoms with E-state index >= 15 is 0 Å². The maximum atomic E-state index is 5.04. The van der Waals surface area contributed by atoms with E-state index in [1.54, 1.807) is 7.11 Å². The van der Waals surface area contributed by atoms with Crippen LogP contribution in [0.15, 0.2) is 4.99 Å². The Morgan fingerprint density at radius 2 is 2.12 bits per heavy atom. The summed E-state index contributed by atoms with van der Waals surface area (Å²) in [5.41, 5.74) is 0. The van der Waals surface area contributed by atoms with E-state index in [9.17, 15) is 0 Å². The Morgan fingerprint density at radius 1 is 1.41 bits per heavy atom. The number of hydrogen-bond acceptors (Lipinski definition) is 2. The molecule has 1 aliphatic rings. The SMILES string of the molecule is CCNC(=NCCCOC)N1CCC(C)CC1. The van der Waals surface area contributed by atoms with E-state index in [0.29, 0.717) is 0 Å². The van der Waals surface area contributed by atoms with Crippen LogP contribution in [0.4, 0.5) is 0 Å². The molecule has 1 fully saturated rings. The average molecular weight is 241 g/mol. The number of rotatable bonds is 5. The highest BCUT2D eigenvalue weighted by molar-refractivity contribution is 5.80. The highest BCUT2D eigenvalue weighted by atomic mass is 16.5. The number of aliphatic imine (C=N–C) groups is 1. The van der Waals surface area contributed by atoms with Gasteiger partial charge in [-0.05, 0) is 32.1 Å². The molecule has 0 amide bonds. The van der Waals surface area contributed by atoms with E-state index in [4.69, 9.17) is 4.74 Å². The van der Waals surface area contributed by atoms with E-state index in [-0.39, 0.29) is 0 Å². The third kappa shape index (κ3) is 5.39. The van der Waals surface area contributed by atoms with Gasteiger partial charge < -0.3 is 15.0 Å². The molecular formula is C13H27N3O. The molecular weight excluding hydrogens is 214 g/mol. The summed E-state index contributed by atoms with van der Waals surface area (Å²) in [6.07, 6.45) is 3.56. The van der Waals surface area contributed by atoms with E-state index in [2.05, 4.69) is 29.1 Å². The van der Waals surface area contributed by atoms with Crippen LogP contribution < -0.4 is 5.32 Å². The molecule has 100 valence electrons. The van der Waals surface area contributed by atoms with E-state index in [1.165, 1.54) is 12.8 Å². The molecule has 1 saturated heterocycles. The topological polar surface area (TPSA) is 36.9 Å². The molecule has 0 spiro atoms. The lowest BCUT2D eigenvalue weighted by atomic mass is 10.00. The van der Waals surface area contributed by atoms with Crippen molar-refractivity contribution in [1.29, 1.82) is 0 Å². The minimum atomic E-state index is 0.792. The lowest BCUT2D eigenvalue weighted by Crippen LogP contribution is -2.45. The molecule has 1 N–H and O–H groups in total. The number of methoxy groups -OCH3 is 1. The monoisotopic (exact) mass is 241 g/mol. The molecule has 17 heavy (non-hydrogen) atoms. The molecule has 0 unspecified atom stereocenters. The lowest BCUT2D eigenvalue weighted by molar-refractivity contribution is 0.196. The Kier molecular flexibility index (Phi) is 7.01. The largest absolute Gasteiger partial charge is 0.385 e. The Bertz CT molecular complexity index is 223.